The summed E-state index contributed by atoms with van der Waals surface area (Å²) in [5, 5.41) is 14.8. The van der Waals surface area contributed by atoms with Gasteiger partial charge in [-0.3, -0.25) is 0 Å². The molecule has 7 nitrogen and oxygen atoms in total. The number of rotatable bonds is 10. The minimum absolute atomic E-state index is 0.160. The minimum Gasteiger partial charge on any atom is -0.508 e. The predicted molar refractivity (Wildman–Crippen MR) is 107 cm³/mol. The highest BCUT2D eigenvalue weighted by atomic mass is 16.5. The van der Waals surface area contributed by atoms with Gasteiger partial charge in [0.25, 0.3) is 0 Å². The van der Waals surface area contributed by atoms with Crippen molar-refractivity contribution in [3.8, 4) is 23.0 Å². The van der Waals surface area contributed by atoms with Crippen molar-refractivity contribution >= 4 is 6.03 Å². The average molecular weight is 388 g/mol. The molecule has 28 heavy (non-hydrogen) atoms. The molecule has 3 N–H and O–H groups in total. The molecule has 152 valence electrons. The van der Waals surface area contributed by atoms with Crippen LogP contribution < -0.4 is 24.8 Å². The van der Waals surface area contributed by atoms with Crippen LogP contribution in [0, 0.1) is 0 Å². The first-order valence-electron chi connectivity index (χ1n) is 9.40. The molecule has 1 atom stereocenters. The largest absolute Gasteiger partial charge is 0.508 e. The van der Waals surface area contributed by atoms with E-state index in [4.69, 9.17) is 14.2 Å². The Morgan fingerprint density at radius 3 is 2.39 bits per heavy atom. The summed E-state index contributed by atoms with van der Waals surface area (Å²) < 4.78 is 16.7. The number of phenols is 1. The Hall–Kier alpha value is -3.09. The van der Waals surface area contributed by atoms with Gasteiger partial charge < -0.3 is 30.0 Å². The number of aromatic hydroxyl groups is 1. The van der Waals surface area contributed by atoms with Gasteiger partial charge in [0.15, 0.2) is 17.7 Å². The summed E-state index contributed by atoms with van der Waals surface area (Å²) in [5.41, 5.74) is 1.04. The van der Waals surface area contributed by atoms with E-state index in [0.717, 1.165) is 11.3 Å². The van der Waals surface area contributed by atoms with Gasteiger partial charge in [0, 0.05) is 6.54 Å². The molecule has 0 bridgehead atoms. The van der Waals surface area contributed by atoms with E-state index < -0.39 is 6.23 Å². The Balaban J connectivity index is 1.78. The van der Waals surface area contributed by atoms with Gasteiger partial charge >= 0.3 is 6.03 Å². The van der Waals surface area contributed by atoms with Crippen LogP contribution in [0.5, 0.6) is 23.0 Å². The molecule has 0 aliphatic carbocycles. The molecule has 7 heteroatoms. The first kappa shape index (κ1) is 21.2. The van der Waals surface area contributed by atoms with Crippen molar-refractivity contribution < 1.29 is 24.1 Å². The summed E-state index contributed by atoms with van der Waals surface area (Å²) in [4.78, 5) is 12.0. The van der Waals surface area contributed by atoms with Crippen molar-refractivity contribution in [3.05, 3.63) is 48.0 Å². The first-order valence-corrected chi connectivity index (χ1v) is 9.40. The molecule has 2 amide bonds. The standard InChI is InChI=1S/C21H28N2O5/c1-4-26-19-11-6-16(14-20(19)27-5-2)12-13-22-21(25)23-15(3)28-18-9-7-17(24)8-10-18/h6-11,14-15,24H,4-5,12-13H2,1-3H3,(H2,22,23,25). The van der Waals surface area contributed by atoms with Gasteiger partial charge in [0.1, 0.15) is 11.5 Å². The highest BCUT2D eigenvalue weighted by molar-refractivity contribution is 5.74. The van der Waals surface area contributed by atoms with E-state index in [0.29, 0.717) is 37.7 Å². The summed E-state index contributed by atoms with van der Waals surface area (Å²) in [6.07, 6.45) is 0.146. The molecule has 0 spiro atoms. The highest BCUT2D eigenvalue weighted by Crippen LogP contribution is 2.28. The Bertz CT molecular complexity index is 749. The summed E-state index contributed by atoms with van der Waals surface area (Å²) in [6, 6.07) is 11.8. The molecule has 0 radical (unpaired) electrons. The molecule has 0 saturated carbocycles. The van der Waals surface area contributed by atoms with E-state index in [-0.39, 0.29) is 11.8 Å². The van der Waals surface area contributed by atoms with Gasteiger partial charge in [0.05, 0.1) is 13.2 Å². The zero-order chi connectivity index (χ0) is 20.4. The molecule has 1 unspecified atom stereocenters. The number of carbonyl (C=O) groups is 1. The lowest BCUT2D eigenvalue weighted by molar-refractivity contribution is 0.177. The Labute approximate surface area is 165 Å². The van der Waals surface area contributed by atoms with E-state index >= 15 is 0 Å². The summed E-state index contributed by atoms with van der Waals surface area (Å²) in [7, 11) is 0. The van der Waals surface area contributed by atoms with Crippen LogP contribution >= 0.6 is 0 Å². The third kappa shape index (κ3) is 6.90. The zero-order valence-corrected chi connectivity index (χ0v) is 16.5. The van der Waals surface area contributed by atoms with Crippen LogP contribution in [0.4, 0.5) is 4.79 Å². The lowest BCUT2D eigenvalue weighted by Crippen LogP contribution is -2.43. The number of carbonyl (C=O) groups excluding carboxylic acids is 1. The van der Waals surface area contributed by atoms with Gasteiger partial charge in [-0.25, -0.2) is 4.79 Å². The fourth-order valence-corrected chi connectivity index (χ4v) is 2.57. The third-order valence-corrected chi connectivity index (χ3v) is 3.79. The van der Waals surface area contributed by atoms with Crippen LogP contribution in [0.15, 0.2) is 42.5 Å². The molecular formula is C21H28N2O5. The molecule has 0 saturated heterocycles. The van der Waals surface area contributed by atoms with Crippen molar-refractivity contribution in [1.29, 1.82) is 0 Å². The van der Waals surface area contributed by atoms with E-state index in [2.05, 4.69) is 10.6 Å². The van der Waals surface area contributed by atoms with E-state index in [9.17, 15) is 9.90 Å². The average Bonchev–Trinajstić information content (AvgIpc) is 2.66. The number of amides is 2. The number of benzene rings is 2. The smallest absolute Gasteiger partial charge is 0.317 e. The van der Waals surface area contributed by atoms with E-state index in [1.54, 1.807) is 19.1 Å². The lowest BCUT2D eigenvalue weighted by Gasteiger charge is -2.17. The maximum atomic E-state index is 12.0. The maximum absolute atomic E-state index is 12.0. The van der Waals surface area contributed by atoms with Crippen LogP contribution in [0.1, 0.15) is 26.3 Å². The second-order valence-electron chi connectivity index (χ2n) is 6.05. The lowest BCUT2D eigenvalue weighted by atomic mass is 10.1. The fraction of sp³-hybridized carbons (Fsp3) is 0.381. The molecule has 0 aromatic heterocycles. The Kier molecular flexibility index (Phi) is 8.27. The summed E-state index contributed by atoms with van der Waals surface area (Å²) >= 11 is 0. The quantitative estimate of drug-likeness (QED) is 0.543. The van der Waals surface area contributed by atoms with E-state index in [1.165, 1.54) is 12.1 Å². The number of hydrogen-bond acceptors (Lipinski definition) is 5. The fourth-order valence-electron chi connectivity index (χ4n) is 2.57. The topological polar surface area (TPSA) is 89.1 Å². The first-order chi connectivity index (χ1) is 13.5. The third-order valence-electron chi connectivity index (χ3n) is 3.79. The van der Waals surface area contributed by atoms with Crippen LogP contribution in [0.3, 0.4) is 0 Å². The van der Waals surface area contributed by atoms with Crippen LogP contribution in [-0.2, 0) is 6.42 Å². The number of phenolic OH excluding ortho intramolecular Hbond substituents is 1. The predicted octanol–water partition coefficient (Wildman–Crippen LogP) is 3.46. The van der Waals surface area contributed by atoms with Crippen molar-refractivity contribution in [3.63, 3.8) is 0 Å². The molecule has 0 heterocycles. The number of urea groups is 1. The Morgan fingerprint density at radius 2 is 1.71 bits per heavy atom. The van der Waals surface area contributed by atoms with Gasteiger partial charge in [-0.15, -0.1) is 0 Å². The normalized spacial score (nSPS) is 11.4. The molecular weight excluding hydrogens is 360 g/mol. The van der Waals surface area contributed by atoms with Gasteiger partial charge in [-0.05, 0) is 69.2 Å². The molecule has 2 aromatic rings. The monoisotopic (exact) mass is 388 g/mol. The zero-order valence-electron chi connectivity index (χ0n) is 16.5. The van der Waals surface area contributed by atoms with Crippen molar-refractivity contribution in [2.24, 2.45) is 0 Å². The summed E-state index contributed by atoms with van der Waals surface area (Å²) in [6.45, 7) is 7.19. The van der Waals surface area contributed by atoms with Gasteiger partial charge in [-0.2, -0.15) is 0 Å². The van der Waals surface area contributed by atoms with Crippen molar-refractivity contribution in [2.75, 3.05) is 19.8 Å². The number of nitrogens with one attached hydrogen (secondary N) is 2. The second kappa shape index (κ2) is 10.9. The SMILES string of the molecule is CCOc1ccc(CCNC(=O)NC(C)Oc2ccc(O)cc2)cc1OCC. The number of hydrogen-bond donors (Lipinski definition) is 3. The second-order valence-corrected chi connectivity index (χ2v) is 6.05. The van der Waals surface area contributed by atoms with Crippen LogP contribution in [-0.4, -0.2) is 37.1 Å². The maximum Gasteiger partial charge on any atom is 0.317 e. The molecule has 2 aromatic carbocycles. The minimum atomic E-state index is -0.514. The van der Waals surface area contributed by atoms with Crippen molar-refractivity contribution in [2.45, 2.75) is 33.4 Å². The summed E-state index contributed by atoms with van der Waals surface area (Å²) in [5.74, 6) is 2.15. The molecule has 2 rings (SSSR count). The van der Waals surface area contributed by atoms with Crippen molar-refractivity contribution in [1.82, 2.24) is 10.6 Å². The number of ether oxygens (including phenoxy) is 3. The van der Waals surface area contributed by atoms with Gasteiger partial charge in [0.2, 0.25) is 0 Å². The molecule has 0 aliphatic heterocycles. The van der Waals surface area contributed by atoms with Crippen LogP contribution in [0.2, 0.25) is 0 Å². The van der Waals surface area contributed by atoms with Crippen LogP contribution in [0.25, 0.3) is 0 Å². The highest BCUT2D eigenvalue weighted by Gasteiger charge is 2.09. The molecule has 0 aliphatic rings. The van der Waals surface area contributed by atoms with E-state index in [1.807, 2.05) is 32.0 Å². The van der Waals surface area contributed by atoms with Gasteiger partial charge in [-0.1, -0.05) is 6.07 Å². The Morgan fingerprint density at radius 1 is 1.04 bits per heavy atom. The molecule has 0 fully saturated rings.